The number of para-hydroxylation sites is 1. The Morgan fingerprint density at radius 1 is 0.745 bits per heavy atom. The molecule has 0 aliphatic heterocycles. The van der Waals surface area contributed by atoms with Gasteiger partial charge in [0.1, 0.15) is 23.1 Å². The molecule has 0 radical (unpaired) electrons. The van der Waals surface area contributed by atoms with Crippen LogP contribution in [0.2, 0.25) is 0 Å². The molecular formula is C41H40N4O2. The van der Waals surface area contributed by atoms with Gasteiger partial charge < -0.3 is 9.47 Å². The fourth-order valence-electron chi connectivity index (χ4n) is 6.56. The zero-order valence-electron chi connectivity index (χ0n) is 27.9. The molecule has 7 aromatic rings. The summed E-state index contributed by atoms with van der Waals surface area (Å²) in [6.07, 6.45) is 3.75. The van der Waals surface area contributed by atoms with Gasteiger partial charge in [0.25, 0.3) is 0 Å². The predicted octanol–water partition coefficient (Wildman–Crippen LogP) is 10.4. The number of aryl methyl sites for hydroxylation is 2. The van der Waals surface area contributed by atoms with Crippen LogP contribution in [-0.4, -0.2) is 26.4 Å². The molecule has 0 fully saturated rings. The Morgan fingerprint density at radius 3 is 2.23 bits per heavy atom. The van der Waals surface area contributed by atoms with E-state index < -0.39 is 0 Å². The Bertz CT molecular complexity index is 2220. The Balaban J connectivity index is 1.37. The van der Waals surface area contributed by atoms with Gasteiger partial charge in [-0.1, -0.05) is 82.6 Å². The minimum Gasteiger partial charge on any atom is -0.497 e. The highest BCUT2D eigenvalue weighted by molar-refractivity contribution is 6.09. The van der Waals surface area contributed by atoms with E-state index >= 15 is 0 Å². The first kappa shape index (κ1) is 30.3. The van der Waals surface area contributed by atoms with E-state index in [1.165, 1.54) is 16.5 Å². The van der Waals surface area contributed by atoms with E-state index in [0.717, 1.165) is 63.5 Å². The van der Waals surface area contributed by atoms with Crippen molar-refractivity contribution in [3.05, 3.63) is 126 Å². The molecule has 47 heavy (non-hydrogen) atoms. The molecule has 0 bridgehead atoms. The SMILES string of the molecule is CCCc1nn(-c2cc(OC)cc(Oc3ccc4c5ccccc5n(-c5cc(C)ccn5)c4c3)c2)c(C(C)(C)C)c1-c1ccccc1. The number of fused-ring (bicyclic) bond motifs is 3. The van der Waals surface area contributed by atoms with Gasteiger partial charge in [-0.2, -0.15) is 5.10 Å². The number of nitrogens with zero attached hydrogens (tertiary/aromatic N) is 4. The van der Waals surface area contributed by atoms with E-state index in [2.05, 4.69) is 123 Å². The first-order chi connectivity index (χ1) is 22.7. The van der Waals surface area contributed by atoms with E-state index in [0.29, 0.717) is 11.5 Å². The maximum absolute atomic E-state index is 6.64. The van der Waals surface area contributed by atoms with Crippen molar-refractivity contribution < 1.29 is 9.47 Å². The van der Waals surface area contributed by atoms with Crippen LogP contribution in [0.3, 0.4) is 0 Å². The topological polar surface area (TPSA) is 54.1 Å². The average Bonchev–Trinajstić information content (AvgIpc) is 3.61. The molecule has 0 atom stereocenters. The molecule has 0 unspecified atom stereocenters. The molecule has 0 spiro atoms. The third-order valence-corrected chi connectivity index (χ3v) is 8.57. The fraction of sp³-hybridized carbons (Fsp3) is 0.220. The molecule has 3 heterocycles. The molecule has 0 aliphatic carbocycles. The molecule has 236 valence electrons. The summed E-state index contributed by atoms with van der Waals surface area (Å²) in [5, 5.41) is 7.57. The molecule has 0 N–H and O–H groups in total. The van der Waals surface area contributed by atoms with Crippen molar-refractivity contribution in [1.82, 2.24) is 19.3 Å². The Hall–Kier alpha value is -5.36. The lowest BCUT2D eigenvalue weighted by Gasteiger charge is -2.23. The van der Waals surface area contributed by atoms with Crippen LogP contribution in [0.1, 0.15) is 51.1 Å². The van der Waals surface area contributed by atoms with Gasteiger partial charge in [-0.05, 0) is 54.8 Å². The second-order valence-corrected chi connectivity index (χ2v) is 13.1. The minimum atomic E-state index is -0.184. The standard InChI is InChI=1S/C41H40N4O2/c1-7-13-35-39(28-14-9-8-10-15-28)40(41(3,4)5)45(43-35)29-23-31(46-6)25-32(24-29)47-30-18-19-34-33-16-11-12-17-36(33)44(37(34)26-30)38-22-27(2)20-21-42-38/h8-12,14-26H,7,13H2,1-6H3. The lowest BCUT2D eigenvalue weighted by atomic mass is 9.85. The Kier molecular flexibility index (Phi) is 7.80. The molecule has 6 nitrogen and oxygen atoms in total. The summed E-state index contributed by atoms with van der Waals surface area (Å²) in [5.41, 5.74) is 8.63. The second kappa shape index (κ2) is 12.1. The number of hydrogen-bond donors (Lipinski definition) is 0. The van der Waals surface area contributed by atoms with Gasteiger partial charge in [0.15, 0.2) is 0 Å². The summed E-state index contributed by atoms with van der Waals surface area (Å²) < 4.78 is 16.8. The number of pyridine rings is 1. The van der Waals surface area contributed by atoms with Crippen LogP contribution in [0.5, 0.6) is 17.2 Å². The number of aromatic nitrogens is 4. The van der Waals surface area contributed by atoms with E-state index in [1.807, 2.05) is 30.5 Å². The normalized spacial score (nSPS) is 11.8. The van der Waals surface area contributed by atoms with Crippen molar-refractivity contribution in [2.45, 2.75) is 52.9 Å². The molecule has 4 aromatic carbocycles. The van der Waals surface area contributed by atoms with E-state index in [9.17, 15) is 0 Å². The van der Waals surface area contributed by atoms with Crippen molar-refractivity contribution >= 4 is 21.8 Å². The van der Waals surface area contributed by atoms with Gasteiger partial charge in [0.05, 0.1) is 35.2 Å². The summed E-state index contributed by atoms with van der Waals surface area (Å²) in [7, 11) is 1.69. The van der Waals surface area contributed by atoms with Crippen molar-refractivity contribution in [2.24, 2.45) is 0 Å². The molecule has 7 rings (SSSR count). The van der Waals surface area contributed by atoms with Gasteiger partial charge >= 0.3 is 0 Å². The molecule has 0 saturated heterocycles. The molecule has 0 aliphatic rings. The highest BCUT2D eigenvalue weighted by Crippen LogP contribution is 2.40. The van der Waals surface area contributed by atoms with Crippen LogP contribution in [0.25, 0.3) is 44.4 Å². The van der Waals surface area contributed by atoms with Crippen molar-refractivity contribution in [2.75, 3.05) is 7.11 Å². The maximum Gasteiger partial charge on any atom is 0.137 e. The molecule has 6 heteroatoms. The lowest BCUT2D eigenvalue weighted by molar-refractivity contribution is 0.408. The van der Waals surface area contributed by atoms with Gasteiger partial charge in [0, 0.05) is 52.2 Å². The molecule has 0 saturated carbocycles. The van der Waals surface area contributed by atoms with E-state index in [1.54, 1.807) is 7.11 Å². The second-order valence-electron chi connectivity index (χ2n) is 13.1. The van der Waals surface area contributed by atoms with Gasteiger partial charge in [-0.25, -0.2) is 9.67 Å². The highest BCUT2D eigenvalue weighted by atomic mass is 16.5. The van der Waals surface area contributed by atoms with Gasteiger partial charge in [-0.3, -0.25) is 4.57 Å². The van der Waals surface area contributed by atoms with Crippen LogP contribution in [0.4, 0.5) is 0 Å². The Labute approximate surface area is 276 Å². The molecule has 0 amide bonds. The monoisotopic (exact) mass is 620 g/mol. The van der Waals surface area contributed by atoms with Crippen LogP contribution in [0, 0.1) is 6.92 Å². The predicted molar refractivity (Wildman–Crippen MR) is 192 cm³/mol. The number of ether oxygens (including phenoxy) is 2. The van der Waals surface area contributed by atoms with Crippen LogP contribution >= 0.6 is 0 Å². The van der Waals surface area contributed by atoms with Gasteiger partial charge in [0.2, 0.25) is 0 Å². The molecule has 3 aromatic heterocycles. The molecular weight excluding hydrogens is 580 g/mol. The zero-order chi connectivity index (χ0) is 32.7. The van der Waals surface area contributed by atoms with Crippen LogP contribution in [-0.2, 0) is 11.8 Å². The summed E-state index contributed by atoms with van der Waals surface area (Å²) >= 11 is 0. The maximum atomic E-state index is 6.64. The van der Waals surface area contributed by atoms with Gasteiger partial charge in [-0.15, -0.1) is 0 Å². The van der Waals surface area contributed by atoms with E-state index in [-0.39, 0.29) is 5.41 Å². The summed E-state index contributed by atoms with van der Waals surface area (Å²) in [5.74, 6) is 2.97. The van der Waals surface area contributed by atoms with Crippen molar-refractivity contribution in [1.29, 1.82) is 0 Å². The lowest BCUT2D eigenvalue weighted by Crippen LogP contribution is -2.18. The first-order valence-electron chi connectivity index (χ1n) is 16.3. The smallest absolute Gasteiger partial charge is 0.137 e. The number of hydrogen-bond acceptors (Lipinski definition) is 4. The third kappa shape index (κ3) is 5.65. The van der Waals surface area contributed by atoms with Crippen molar-refractivity contribution in [3.63, 3.8) is 0 Å². The van der Waals surface area contributed by atoms with E-state index in [4.69, 9.17) is 19.6 Å². The quantitative estimate of drug-likeness (QED) is 0.170. The third-order valence-electron chi connectivity index (χ3n) is 8.57. The average molecular weight is 621 g/mol. The summed E-state index contributed by atoms with van der Waals surface area (Å²) in [6, 6.07) is 35.5. The summed E-state index contributed by atoms with van der Waals surface area (Å²) in [6.45, 7) is 11.0. The highest BCUT2D eigenvalue weighted by Gasteiger charge is 2.29. The number of methoxy groups -OCH3 is 1. The minimum absolute atomic E-state index is 0.184. The van der Waals surface area contributed by atoms with Crippen LogP contribution in [0.15, 0.2) is 109 Å². The Morgan fingerprint density at radius 2 is 1.49 bits per heavy atom. The zero-order valence-corrected chi connectivity index (χ0v) is 27.9. The van der Waals surface area contributed by atoms with Crippen LogP contribution < -0.4 is 9.47 Å². The fourth-order valence-corrected chi connectivity index (χ4v) is 6.56. The largest absolute Gasteiger partial charge is 0.497 e. The first-order valence-corrected chi connectivity index (χ1v) is 16.3. The number of rotatable bonds is 8. The van der Waals surface area contributed by atoms with Crippen molar-refractivity contribution in [3.8, 4) is 39.9 Å². The number of benzene rings is 4. The summed E-state index contributed by atoms with van der Waals surface area (Å²) in [4.78, 5) is 4.73.